The van der Waals surface area contributed by atoms with Gasteiger partial charge in [0.05, 0.1) is 5.69 Å². The van der Waals surface area contributed by atoms with Crippen molar-refractivity contribution in [3.63, 3.8) is 0 Å². The maximum atomic E-state index is 5.93. The molecule has 0 N–H and O–H groups in total. The fourth-order valence-electron chi connectivity index (χ4n) is 1.37. The molecule has 82 valence electrons. The first-order chi connectivity index (χ1) is 7.70. The topological polar surface area (TPSA) is 38.7 Å². The summed E-state index contributed by atoms with van der Waals surface area (Å²) in [4.78, 5) is 4.34. The summed E-state index contributed by atoms with van der Waals surface area (Å²) in [5.74, 6) is 0. The van der Waals surface area contributed by atoms with Crippen LogP contribution in [0.25, 0.3) is 11.3 Å². The van der Waals surface area contributed by atoms with Crippen LogP contribution in [-0.2, 0) is 0 Å². The highest BCUT2D eigenvalue weighted by Gasteiger charge is 2.07. The van der Waals surface area contributed by atoms with Crippen LogP contribution in [0.2, 0.25) is 5.02 Å². The van der Waals surface area contributed by atoms with Crippen molar-refractivity contribution in [2.45, 2.75) is 12.1 Å². The maximum Gasteiger partial charge on any atom is 0.209 e. The van der Waals surface area contributed by atoms with Gasteiger partial charge in [-0.3, -0.25) is 0 Å². The summed E-state index contributed by atoms with van der Waals surface area (Å²) in [5, 5.41) is 9.56. The molecule has 0 atom stereocenters. The number of aromatic nitrogens is 3. The van der Waals surface area contributed by atoms with E-state index in [0.717, 1.165) is 17.0 Å². The lowest BCUT2D eigenvalue weighted by Gasteiger charge is -2.04. The van der Waals surface area contributed by atoms with Crippen molar-refractivity contribution in [3.8, 4) is 11.3 Å². The minimum absolute atomic E-state index is 0.684. The second-order valence-corrected chi connectivity index (χ2v) is 4.45. The zero-order valence-electron chi connectivity index (χ0n) is 8.94. The van der Waals surface area contributed by atoms with E-state index < -0.39 is 0 Å². The molecule has 0 aliphatic rings. The zero-order chi connectivity index (χ0) is 11.5. The normalized spacial score (nSPS) is 10.4. The molecule has 0 bridgehead atoms. The van der Waals surface area contributed by atoms with Crippen LogP contribution in [0.15, 0.2) is 29.4 Å². The number of halogens is 1. The molecule has 1 aromatic carbocycles. The van der Waals surface area contributed by atoms with Crippen molar-refractivity contribution >= 4 is 23.4 Å². The molecule has 0 radical (unpaired) electrons. The van der Waals surface area contributed by atoms with Gasteiger partial charge in [0, 0.05) is 10.6 Å². The Morgan fingerprint density at radius 1 is 1.25 bits per heavy atom. The quantitative estimate of drug-likeness (QED) is 0.769. The molecule has 5 heteroatoms. The molecule has 1 aromatic heterocycles. The second kappa shape index (κ2) is 4.80. The Morgan fingerprint density at radius 2 is 2.06 bits per heavy atom. The molecule has 0 fully saturated rings. The standard InChI is InChI=1S/C11H10ClN3S/c1-7-10(14-15-11(13-7)16-2)8-4-3-5-9(12)6-8/h3-6H,1-2H3. The molecular formula is C11H10ClN3S. The highest BCUT2D eigenvalue weighted by molar-refractivity contribution is 7.98. The summed E-state index contributed by atoms with van der Waals surface area (Å²) >= 11 is 7.41. The summed E-state index contributed by atoms with van der Waals surface area (Å²) in [5.41, 5.74) is 2.58. The minimum atomic E-state index is 0.684. The van der Waals surface area contributed by atoms with E-state index in [-0.39, 0.29) is 0 Å². The lowest BCUT2D eigenvalue weighted by atomic mass is 10.1. The summed E-state index contributed by atoms with van der Waals surface area (Å²) in [6.45, 7) is 1.92. The van der Waals surface area contributed by atoms with Crippen molar-refractivity contribution in [2.75, 3.05) is 6.26 Å². The molecule has 0 saturated heterocycles. The molecular weight excluding hydrogens is 242 g/mol. The second-order valence-electron chi connectivity index (χ2n) is 3.24. The van der Waals surface area contributed by atoms with Crippen molar-refractivity contribution in [2.24, 2.45) is 0 Å². The number of hydrogen-bond donors (Lipinski definition) is 0. The molecule has 0 unspecified atom stereocenters. The molecule has 1 heterocycles. The predicted octanol–water partition coefficient (Wildman–Crippen LogP) is 3.22. The molecule has 2 rings (SSSR count). The lowest BCUT2D eigenvalue weighted by molar-refractivity contribution is 0.825. The molecule has 0 aliphatic carbocycles. The highest BCUT2D eigenvalue weighted by Crippen LogP contribution is 2.23. The van der Waals surface area contributed by atoms with E-state index >= 15 is 0 Å². The summed E-state index contributed by atoms with van der Waals surface area (Å²) in [6, 6.07) is 7.53. The van der Waals surface area contributed by atoms with Gasteiger partial charge in [0.25, 0.3) is 0 Å². The molecule has 0 amide bonds. The van der Waals surface area contributed by atoms with Gasteiger partial charge in [-0.2, -0.15) is 0 Å². The van der Waals surface area contributed by atoms with Gasteiger partial charge < -0.3 is 0 Å². The van der Waals surface area contributed by atoms with Gasteiger partial charge in [0.15, 0.2) is 0 Å². The first-order valence-electron chi connectivity index (χ1n) is 4.72. The molecule has 0 spiro atoms. The maximum absolute atomic E-state index is 5.93. The van der Waals surface area contributed by atoms with Crippen LogP contribution in [0.1, 0.15) is 5.69 Å². The van der Waals surface area contributed by atoms with Crippen LogP contribution in [-0.4, -0.2) is 21.4 Å². The molecule has 0 aliphatic heterocycles. The van der Waals surface area contributed by atoms with Gasteiger partial charge in [-0.05, 0) is 25.3 Å². The fraction of sp³-hybridized carbons (Fsp3) is 0.182. The monoisotopic (exact) mass is 251 g/mol. The third-order valence-electron chi connectivity index (χ3n) is 2.12. The Hall–Kier alpha value is -1.13. The smallest absolute Gasteiger partial charge is 0.209 e. The average Bonchev–Trinajstić information content (AvgIpc) is 2.28. The Kier molecular flexibility index (Phi) is 3.41. The summed E-state index contributed by atoms with van der Waals surface area (Å²) < 4.78 is 0. The Labute approximate surface area is 103 Å². The van der Waals surface area contributed by atoms with E-state index in [9.17, 15) is 0 Å². The summed E-state index contributed by atoms with van der Waals surface area (Å²) in [6.07, 6.45) is 1.93. The van der Waals surface area contributed by atoms with Crippen LogP contribution in [0, 0.1) is 6.92 Å². The zero-order valence-corrected chi connectivity index (χ0v) is 10.5. The van der Waals surface area contributed by atoms with Crippen molar-refractivity contribution in [1.82, 2.24) is 15.2 Å². The van der Waals surface area contributed by atoms with E-state index in [2.05, 4.69) is 15.2 Å². The van der Waals surface area contributed by atoms with Gasteiger partial charge in [-0.25, -0.2) is 4.98 Å². The number of hydrogen-bond acceptors (Lipinski definition) is 4. The van der Waals surface area contributed by atoms with Crippen LogP contribution in [0.5, 0.6) is 0 Å². The first-order valence-corrected chi connectivity index (χ1v) is 6.32. The predicted molar refractivity (Wildman–Crippen MR) is 66.8 cm³/mol. The number of nitrogens with zero attached hydrogens (tertiary/aromatic N) is 3. The Balaban J connectivity index is 2.48. The lowest BCUT2D eigenvalue weighted by Crippen LogP contribution is -1.97. The highest BCUT2D eigenvalue weighted by atomic mass is 35.5. The number of benzene rings is 1. The van der Waals surface area contributed by atoms with E-state index in [1.807, 2.05) is 37.4 Å². The van der Waals surface area contributed by atoms with E-state index in [0.29, 0.717) is 10.2 Å². The van der Waals surface area contributed by atoms with Crippen molar-refractivity contribution in [1.29, 1.82) is 0 Å². The van der Waals surface area contributed by atoms with Gasteiger partial charge >= 0.3 is 0 Å². The van der Waals surface area contributed by atoms with E-state index in [1.54, 1.807) is 0 Å². The third kappa shape index (κ3) is 2.33. The van der Waals surface area contributed by atoms with Crippen LogP contribution in [0.3, 0.4) is 0 Å². The van der Waals surface area contributed by atoms with Crippen LogP contribution >= 0.6 is 23.4 Å². The number of rotatable bonds is 2. The van der Waals surface area contributed by atoms with Gasteiger partial charge in [-0.1, -0.05) is 35.5 Å². The Morgan fingerprint density at radius 3 is 2.69 bits per heavy atom. The van der Waals surface area contributed by atoms with Gasteiger partial charge in [0.2, 0.25) is 5.16 Å². The van der Waals surface area contributed by atoms with Crippen LogP contribution in [0.4, 0.5) is 0 Å². The van der Waals surface area contributed by atoms with Gasteiger partial charge in [0.1, 0.15) is 5.69 Å². The molecule has 2 aromatic rings. The van der Waals surface area contributed by atoms with Crippen molar-refractivity contribution in [3.05, 3.63) is 35.0 Å². The molecule has 3 nitrogen and oxygen atoms in total. The first kappa shape index (κ1) is 11.4. The van der Waals surface area contributed by atoms with Crippen LogP contribution < -0.4 is 0 Å². The fourth-order valence-corrected chi connectivity index (χ4v) is 1.91. The number of aryl methyl sites for hydroxylation is 1. The molecule has 16 heavy (non-hydrogen) atoms. The van der Waals surface area contributed by atoms with Gasteiger partial charge in [-0.15, -0.1) is 10.2 Å². The SMILES string of the molecule is CSc1nnc(-c2cccc(Cl)c2)c(C)n1. The Bertz CT molecular complexity index is 516. The van der Waals surface area contributed by atoms with E-state index in [1.165, 1.54) is 11.8 Å². The largest absolute Gasteiger partial charge is 0.224 e. The van der Waals surface area contributed by atoms with Crippen molar-refractivity contribution < 1.29 is 0 Å². The molecule has 0 saturated carbocycles. The number of thioether (sulfide) groups is 1. The minimum Gasteiger partial charge on any atom is -0.224 e. The van der Waals surface area contributed by atoms with E-state index in [4.69, 9.17) is 11.6 Å². The summed E-state index contributed by atoms with van der Waals surface area (Å²) in [7, 11) is 0. The third-order valence-corrected chi connectivity index (χ3v) is 2.90. The average molecular weight is 252 g/mol.